The van der Waals surface area contributed by atoms with Gasteiger partial charge in [0.2, 0.25) is 0 Å². The van der Waals surface area contributed by atoms with E-state index in [1.165, 1.54) is 0 Å². The van der Waals surface area contributed by atoms with Crippen molar-refractivity contribution < 1.29 is 28.9 Å². The Bertz CT molecular complexity index is 454. The first kappa shape index (κ1) is 11.7. The Hall–Kier alpha value is -1.14. The maximum Gasteiger partial charge on any atom is 0.313 e. The van der Waals surface area contributed by atoms with Crippen molar-refractivity contribution in [1.29, 1.82) is 0 Å². The molecular weight excluding hydrogens is 252 g/mol. The summed E-state index contributed by atoms with van der Waals surface area (Å²) >= 11 is 0. The summed E-state index contributed by atoms with van der Waals surface area (Å²) in [6.45, 7) is 0.939. The molecule has 0 radical (unpaired) electrons. The molecule has 0 amide bonds. The minimum atomic E-state index is -0.944. The fraction of sp³-hybridized carbons (Fsp3) is 0.846. The number of ether oxygens (including phenoxy) is 3. The van der Waals surface area contributed by atoms with Crippen LogP contribution in [0.2, 0.25) is 0 Å². The molecule has 4 atom stereocenters. The van der Waals surface area contributed by atoms with Crippen molar-refractivity contribution in [3.8, 4) is 0 Å². The van der Waals surface area contributed by atoms with Gasteiger partial charge in [0.25, 0.3) is 0 Å². The maximum absolute atomic E-state index is 12.3. The molecule has 0 aromatic rings. The molecule has 6 nitrogen and oxygen atoms in total. The summed E-state index contributed by atoms with van der Waals surface area (Å²) in [5.41, 5.74) is -0.931. The van der Waals surface area contributed by atoms with E-state index < -0.39 is 23.1 Å². The number of carboxylic acids is 1. The first-order chi connectivity index (χ1) is 9.08. The van der Waals surface area contributed by atoms with Gasteiger partial charge < -0.3 is 19.3 Å². The zero-order chi connectivity index (χ0) is 13.3. The Kier molecular flexibility index (Phi) is 2.14. The zero-order valence-corrected chi connectivity index (χ0v) is 10.5. The first-order valence-corrected chi connectivity index (χ1v) is 6.80. The van der Waals surface area contributed by atoms with Gasteiger partial charge in [0.15, 0.2) is 5.79 Å². The molecule has 2 heterocycles. The van der Waals surface area contributed by atoms with Crippen molar-refractivity contribution in [3.05, 3.63) is 0 Å². The molecule has 4 rings (SSSR count). The van der Waals surface area contributed by atoms with Crippen molar-refractivity contribution in [1.82, 2.24) is 0 Å². The van der Waals surface area contributed by atoms with Crippen LogP contribution in [0.25, 0.3) is 0 Å². The van der Waals surface area contributed by atoms with Crippen LogP contribution in [0, 0.1) is 17.3 Å². The highest BCUT2D eigenvalue weighted by molar-refractivity contribution is 5.88. The quantitative estimate of drug-likeness (QED) is 0.699. The summed E-state index contributed by atoms with van der Waals surface area (Å²) in [5, 5.41) is 9.51. The topological polar surface area (TPSA) is 82.1 Å². The molecule has 6 heteroatoms. The number of esters is 1. The monoisotopic (exact) mass is 268 g/mol. The largest absolute Gasteiger partial charge is 0.481 e. The van der Waals surface area contributed by atoms with E-state index in [9.17, 15) is 14.7 Å². The minimum absolute atomic E-state index is 0.123. The molecule has 4 fully saturated rings. The fourth-order valence-corrected chi connectivity index (χ4v) is 4.66. The molecule has 0 aromatic heterocycles. The standard InChI is InChI=1S/C13H16O6/c14-10(15)8-6-13(17-3-4-18-13)9-2-1-7-5-12(8,9)11(16)19-7/h7-9H,1-6H2,(H,14,15)/t7-,8+,9-,12+/m1/s1. The van der Waals surface area contributed by atoms with Crippen molar-refractivity contribution in [2.24, 2.45) is 17.3 Å². The van der Waals surface area contributed by atoms with Gasteiger partial charge in [-0.15, -0.1) is 0 Å². The number of fused-ring (bicyclic) bond motifs is 2. The molecule has 2 aliphatic carbocycles. The Balaban J connectivity index is 1.84. The molecule has 2 saturated carbocycles. The number of hydrogen-bond donors (Lipinski definition) is 1. The minimum Gasteiger partial charge on any atom is -0.481 e. The lowest BCUT2D eigenvalue weighted by Crippen LogP contribution is -2.46. The van der Waals surface area contributed by atoms with Gasteiger partial charge in [-0.1, -0.05) is 0 Å². The second-order valence-electron chi connectivity index (χ2n) is 6.01. The van der Waals surface area contributed by atoms with E-state index in [0.717, 1.165) is 12.8 Å². The molecular formula is C13H16O6. The van der Waals surface area contributed by atoms with E-state index in [1.54, 1.807) is 0 Å². The molecule has 2 aliphatic heterocycles. The molecule has 2 spiro atoms. The van der Waals surface area contributed by atoms with Gasteiger partial charge in [-0.3, -0.25) is 9.59 Å². The summed E-state index contributed by atoms with van der Waals surface area (Å²) in [5.74, 6) is -3.12. The van der Waals surface area contributed by atoms with Crippen molar-refractivity contribution in [3.63, 3.8) is 0 Å². The number of rotatable bonds is 1. The van der Waals surface area contributed by atoms with Crippen LogP contribution in [0.1, 0.15) is 25.7 Å². The number of aliphatic carboxylic acids is 1. The third-order valence-corrected chi connectivity index (χ3v) is 5.33. The number of carboxylic acid groups (broad SMARTS) is 1. The Morgan fingerprint density at radius 1 is 1.21 bits per heavy atom. The Labute approximate surface area is 110 Å². The summed E-state index contributed by atoms with van der Waals surface area (Å²) in [7, 11) is 0. The lowest BCUT2D eigenvalue weighted by atomic mass is 9.64. The van der Waals surface area contributed by atoms with Gasteiger partial charge in [-0.25, -0.2) is 0 Å². The molecule has 2 saturated heterocycles. The predicted octanol–water partition coefficient (Wildman–Crippen LogP) is 0.546. The van der Waals surface area contributed by atoms with Gasteiger partial charge in [0, 0.05) is 18.8 Å². The van der Waals surface area contributed by atoms with E-state index in [2.05, 4.69) is 0 Å². The van der Waals surface area contributed by atoms with Gasteiger partial charge in [0.05, 0.1) is 24.5 Å². The van der Waals surface area contributed by atoms with Gasteiger partial charge in [-0.2, -0.15) is 0 Å². The number of carbonyl (C=O) groups excluding carboxylic acids is 1. The van der Waals surface area contributed by atoms with E-state index in [4.69, 9.17) is 14.2 Å². The molecule has 0 unspecified atom stereocenters. The lowest BCUT2D eigenvalue weighted by molar-refractivity contribution is -0.198. The molecule has 4 aliphatic rings. The number of hydrogen-bond acceptors (Lipinski definition) is 5. The molecule has 0 aromatic carbocycles. The van der Waals surface area contributed by atoms with E-state index in [0.29, 0.717) is 19.6 Å². The van der Waals surface area contributed by atoms with Crippen molar-refractivity contribution >= 4 is 11.9 Å². The van der Waals surface area contributed by atoms with Crippen LogP contribution in [0.15, 0.2) is 0 Å². The molecule has 104 valence electrons. The third-order valence-electron chi connectivity index (χ3n) is 5.33. The molecule has 19 heavy (non-hydrogen) atoms. The third kappa shape index (κ3) is 1.24. The van der Waals surface area contributed by atoms with Crippen molar-refractivity contribution in [2.45, 2.75) is 37.6 Å². The van der Waals surface area contributed by atoms with Crippen LogP contribution in [-0.4, -0.2) is 42.1 Å². The fourth-order valence-electron chi connectivity index (χ4n) is 4.66. The summed E-state index contributed by atoms with van der Waals surface area (Å²) in [6.07, 6.45) is 2.15. The molecule has 1 N–H and O–H groups in total. The average Bonchev–Trinajstić information content (AvgIpc) is 3.01. The van der Waals surface area contributed by atoms with Crippen molar-refractivity contribution in [2.75, 3.05) is 13.2 Å². The van der Waals surface area contributed by atoms with Gasteiger partial charge in [0.1, 0.15) is 6.10 Å². The number of carbonyl (C=O) groups is 2. The van der Waals surface area contributed by atoms with Gasteiger partial charge >= 0.3 is 11.9 Å². The second kappa shape index (κ2) is 3.49. The van der Waals surface area contributed by atoms with Crippen LogP contribution in [-0.2, 0) is 23.8 Å². The van der Waals surface area contributed by atoms with Gasteiger partial charge in [-0.05, 0) is 12.8 Å². The predicted molar refractivity (Wildman–Crippen MR) is 60.0 cm³/mol. The van der Waals surface area contributed by atoms with Crippen LogP contribution in [0.5, 0.6) is 0 Å². The first-order valence-electron chi connectivity index (χ1n) is 6.80. The van der Waals surface area contributed by atoms with E-state index >= 15 is 0 Å². The normalized spacial score (nSPS) is 46.3. The zero-order valence-electron chi connectivity index (χ0n) is 10.5. The Morgan fingerprint density at radius 3 is 2.63 bits per heavy atom. The summed E-state index contributed by atoms with van der Waals surface area (Å²) in [6, 6.07) is 0. The van der Waals surface area contributed by atoms with Crippen LogP contribution < -0.4 is 0 Å². The highest BCUT2D eigenvalue weighted by Crippen LogP contribution is 2.65. The average molecular weight is 268 g/mol. The van der Waals surface area contributed by atoms with E-state index in [-0.39, 0.29) is 24.4 Å². The summed E-state index contributed by atoms with van der Waals surface area (Å²) in [4.78, 5) is 23.9. The smallest absolute Gasteiger partial charge is 0.313 e. The van der Waals surface area contributed by atoms with Crippen LogP contribution >= 0.6 is 0 Å². The highest BCUT2D eigenvalue weighted by atomic mass is 16.7. The van der Waals surface area contributed by atoms with Crippen LogP contribution in [0.4, 0.5) is 0 Å². The second-order valence-corrected chi connectivity index (χ2v) is 6.01. The Morgan fingerprint density at radius 2 is 1.95 bits per heavy atom. The van der Waals surface area contributed by atoms with E-state index in [1.807, 2.05) is 0 Å². The lowest BCUT2D eigenvalue weighted by Gasteiger charge is -2.38. The SMILES string of the molecule is O=C(O)[C@@H]1CC2(OCCO2)[C@@H]2CC[C@@H]3C[C@]12C(=O)O3. The maximum atomic E-state index is 12.3. The molecule has 2 bridgehead atoms. The summed E-state index contributed by atoms with van der Waals surface area (Å²) < 4.78 is 16.9. The van der Waals surface area contributed by atoms with Crippen LogP contribution in [0.3, 0.4) is 0 Å². The highest BCUT2D eigenvalue weighted by Gasteiger charge is 2.74.